The predicted molar refractivity (Wildman–Crippen MR) is 64.5 cm³/mol. The van der Waals surface area contributed by atoms with Gasteiger partial charge in [0.25, 0.3) is 0 Å². The van der Waals surface area contributed by atoms with Crippen LogP contribution in [-0.4, -0.2) is 38.1 Å². The topological polar surface area (TPSA) is 67.4 Å². The summed E-state index contributed by atoms with van der Waals surface area (Å²) in [6.45, 7) is 1.18. The molecular weight excluding hydrogens is 220 g/mol. The van der Waals surface area contributed by atoms with Gasteiger partial charge < -0.3 is 15.4 Å². The maximum atomic E-state index is 11.5. The van der Waals surface area contributed by atoms with Gasteiger partial charge in [0, 0.05) is 26.3 Å². The lowest BCUT2D eigenvalue weighted by Gasteiger charge is -2.11. The van der Waals surface area contributed by atoms with Gasteiger partial charge in [0.05, 0.1) is 0 Å². The lowest BCUT2D eigenvalue weighted by molar-refractivity contribution is -0.129. The molecule has 5 nitrogen and oxygen atoms in total. The number of hydrogen-bond acceptors (Lipinski definition) is 3. The molecule has 98 valence electrons. The normalized spacial score (nSPS) is 15.8. The van der Waals surface area contributed by atoms with Crippen LogP contribution in [0.4, 0.5) is 0 Å². The van der Waals surface area contributed by atoms with Gasteiger partial charge in [-0.3, -0.25) is 9.59 Å². The average Bonchev–Trinajstić information content (AvgIpc) is 2.77. The van der Waals surface area contributed by atoms with Crippen LogP contribution in [0.15, 0.2) is 0 Å². The molecule has 5 heteroatoms. The summed E-state index contributed by atoms with van der Waals surface area (Å²) in [4.78, 5) is 22.9. The molecule has 1 fully saturated rings. The quantitative estimate of drug-likeness (QED) is 0.507. The molecule has 0 atom stereocenters. The molecular formula is C12H22N2O3. The van der Waals surface area contributed by atoms with Gasteiger partial charge >= 0.3 is 0 Å². The molecule has 0 aromatic rings. The van der Waals surface area contributed by atoms with Crippen molar-refractivity contribution in [3.05, 3.63) is 0 Å². The summed E-state index contributed by atoms with van der Waals surface area (Å²) in [5.74, 6) is -0.377. The Labute approximate surface area is 102 Å². The Bertz CT molecular complexity index is 250. The van der Waals surface area contributed by atoms with Gasteiger partial charge in [0.15, 0.2) is 0 Å². The van der Waals surface area contributed by atoms with Crippen molar-refractivity contribution in [1.29, 1.82) is 0 Å². The molecule has 0 radical (unpaired) electrons. The van der Waals surface area contributed by atoms with E-state index in [0.717, 1.165) is 19.3 Å². The van der Waals surface area contributed by atoms with Crippen LogP contribution in [0.5, 0.6) is 0 Å². The van der Waals surface area contributed by atoms with E-state index in [1.54, 1.807) is 7.11 Å². The summed E-state index contributed by atoms with van der Waals surface area (Å²) in [6.07, 6.45) is 5.14. The fourth-order valence-electron chi connectivity index (χ4n) is 2.00. The van der Waals surface area contributed by atoms with Gasteiger partial charge in [-0.2, -0.15) is 0 Å². The minimum Gasteiger partial charge on any atom is -0.385 e. The van der Waals surface area contributed by atoms with Crippen molar-refractivity contribution < 1.29 is 14.3 Å². The molecule has 2 amide bonds. The molecule has 0 aromatic heterocycles. The summed E-state index contributed by atoms with van der Waals surface area (Å²) in [7, 11) is 1.62. The summed E-state index contributed by atoms with van der Waals surface area (Å²) in [5, 5.41) is 5.58. The maximum absolute atomic E-state index is 11.5. The molecule has 1 rings (SSSR count). The van der Waals surface area contributed by atoms with Crippen LogP contribution in [0.2, 0.25) is 0 Å². The highest BCUT2D eigenvalue weighted by atomic mass is 16.5. The lowest BCUT2D eigenvalue weighted by atomic mass is 10.2. The van der Waals surface area contributed by atoms with Gasteiger partial charge in [-0.05, 0) is 19.3 Å². The number of rotatable bonds is 7. The van der Waals surface area contributed by atoms with Crippen LogP contribution >= 0.6 is 0 Å². The molecule has 0 aliphatic heterocycles. The van der Waals surface area contributed by atoms with Crippen molar-refractivity contribution in [3.8, 4) is 0 Å². The molecule has 0 aromatic carbocycles. The standard InChI is InChI=1S/C12H22N2O3/c1-17-8-4-7-13-11(15)9-12(16)14-10-5-2-3-6-10/h10H,2-9H2,1H3,(H,13,15)(H,14,16). The highest BCUT2D eigenvalue weighted by Gasteiger charge is 2.18. The third-order valence-corrected chi connectivity index (χ3v) is 2.89. The van der Waals surface area contributed by atoms with Crippen molar-refractivity contribution in [3.63, 3.8) is 0 Å². The molecule has 17 heavy (non-hydrogen) atoms. The maximum Gasteiger partial charge on any atom is 0.229 e. The van der Waals surface area contributed by atoms with Gasteiger partial charge in [-0.15, -0.1) is 0 Å². The summed E-state index contributed by atoms with van der Waals surface area (Å²) in [6, 6.07) is 0.281. The third-order valence-electron chi connectivity index (χ3n) is 2.89. The monoisotopic (exact) mass is 242 g/mol. The number of methoxy groups -OCH3 is 1. The van der Waals surface area contributed by atoms with Crippen LogP contribution in [0.25, 0.3) is 0 Å². The lowest BCUT2D eigenvalue weighted by Crippen LogP contribution is -2.37. The molecule has 0 bridgehead atoms. The largest absolute Gasteiger partial charge is 0.385 e. The first-order chi connectivity index (χ1) is 8.22. The Morgan fingerprint density at radius 3 is 2.59 bits per heavy atom. The second kappa shape index (κ2) is 8.06. The minimum absolute atomic E-state index is 0.0660. The van der Waals surface area contributed by atoms with E-state index in [4.69, 9.17) is 4.74 Å². The Kier molecular flexibility index (Phi) is 6.62. The molecule has 0 saturated heterocycles. The van der Waals surface area contributed by atoms with E-state index in [1.807, 2.05) is 0 Å². The Morgan fingerprint density at radius 2 is 1.94 bits per heavy atom. The zero-order valence-corrected chi connectivity index (χ0v) is 10.5. The fourth-order valence-corrected chi connectivity index (χ4v) is 2.00. The fraction of sp³-hybridized carbons (Fsp3) is 0.833. The van der Waals surface area contributed by atoms with Crippen molar-refractivity contribution in [2.45, 2.75) is 44.6 Å². The first-order valence-corrected chi connectivity index (χ1v) is 6.27. The molecule has 1 aliphatic carbocycles. The number of carbonyl (C=O) groups is 2. The summed E-state index contributed by atoms with van der Waals surface area (Å²) < 4.78 is 4.86. The van der Waals surface area contributed by atoms with Gasteiger partial charge in [-0.25, -0.2) is 0 Å². The van der Waals surface area contributed by atoms with Crippen molar-refractivity contribution in [2.24, 2.45) is 0 Å². The Morgan fingerprint density at radius 1 is 1.24 bits per heavy atom. The van der Waals surface area contributed by atoms with E-state index in [0.29, 0.717) is 13.2 Å². The van der Waals surface area contributed by atoms with Crippen LogP contribution < -0.4 is 10.6 Å². The van der Waals surface area contributed by atoms with E-state index in [-0.39, 0.29) is 24.3 Å². The Balaban J connectivity index is 2.06. The van der Waals surface area contributed by atoms with Gasteiger partial charge in [-0.1, -0.05) is 12.8 Å². The van der Waals surface area contributed by atoms with Crippen LogP contribution in [0, 0.1) is 0 Å². The molecule has 2 N–H and O–H groups in total. The van der Waals surface area contributed by atoms with Crippen molar-refractivity contribution in [1.82, 2.24) is 10.6 Å². The molecule has 0 spiro atoms. The van der Waals surface area contributed by atoms with E-state index >= 15 is 0 Å². The highest BCUT2D eigenvalue weighted by Crippen LogP contribution is 2.17. The Hall–Kier alpha value is -1.10. The van der Waals surface area contributed by atoms with Gasteiger partial charge in [0.1, 0.15) is 6.42 Å². The van der Waals surface area contributed by atoms with Gasteiger partial charge in [0.2, 0.25) is 11.8 Å². The average molecular weight is 242 g/mol. The zero-order valence-electron chi connectivity index (χ0n) is 10.5. The minimum atomic E-state index is -0.211. The van der Waals surface area contributed by atoms with Crippen molar-refractivity contribution >= 4 is 11.8 Å². The summed E-state index contributed by atoms with van der Waals surface area (Å²) in [5.41, 5.74) is 0. The van der Waals surface area contributed by atoms with E-state index in [9.17, 15) is 9.59 Å². The summed E-state index contributed by atoms with van der Waals surface area (Å²) >= 11 is 0. The molecule has 1 saturated carbocycles. The van der Waals surface area contributed by atoms with E-state index < -0.39 is 0 Å². The number of carbonyl (C=O) groups excluding carboxylic acids is 2. The molecule has 1 aliphatic rings. The first kappa shape index (κ1) is 14.0. The zero-order chi connectivity index (χ0) is 12.5. The third kappa shape index (κ3) is 6.26. The molecule has 0 unspecified atom stereocenters. The van der Waals surface area contributed by atoms with Crippen LogP contribution in [0.3, 0.4) is 0 Å². The van der Waals surface area contributed by atoms with Crippen LogP contribution in [0.1, 0.15) is 38.5 Å². The second-order valence-corrected chi connectivity index (χ2v) is 4.42. The van der Waals surface area contributed by atoms with E-state index in [1.165, 1.54) is 12.8 Å². The number of ether oxygens (including phenoxy) is 1. The smallest absolute Gasteiger partial charge is 0.229 e. The van der Waals surface area contributed by atoms with Crippen molar-refractivity contribution in [2.75, 3.05) is 20.3 Å². The highest BCUT2D eigenvalue weighted by molar-refractivity contribution is 5.96. The number of nitrogens with one attached hydrogen (secondary N) is 2. The van der Waals surface area contributed by atoms with Crippen LogP contribution in [-0.2, 0) is 14.3 Å². The second-order valence-electron chi connectivity index (χ2n) is 4.42. The number of amides is 2. The molecule has 0 heterocycles. The van der Waals surface area contributed by atoms with E-state index in [2.05, 4.69) is 10.6 Å². The number of hydrogen-bond donors (Lipinski definition) is 2. The SMILES string of the molecule is COCCCNC(=O)CC(=O)NC1CCCC1. The predicted octanol–water partition coefficient (Wildman–Crippen LogP) is 0.588. The first-order valence-electron chi connectivity index (χ1n) is 6.27.